The lowest BCUT2D eigenvalue weighted by molar-refractivity contribution is -0.138. The summed E-state index contributed by atoms with van der Waals surface area (Å²) in [6.07, 6.45) is -3.98. The summed E-state index contributed by atoms with van der Waals surface area (Å²) in [5, 5.41) is 11.6. The predicted octanol–water partition coefficient (Wildman–Crippen LogP) is 4.08. The molecule has 11 heteroatoms. The van der Waals surface area contributed by atoms with Gasteiger partial charge in [-0.1, -0.05) is 35.9 Å². The van der Waals surface area contributed by atoms with Gasteiger partial charge in [0.1, 0.15) is 0 Å². The molecule has 2 amide bonds. The lowest BCUT2D eigenvalue weighted by atomic mass is 10.1. The highest BCUT2D eigenvalue weighted by atomic mass is 35.5. The molecule has 0 radical (unpaired) electrons. The van der Waals surface area contributed by atoms with Gasteiger partial charge in [0.25, 0.3) is 11.8 Å². The van der Waals surface area contributed by atoms with Crippen LogP contribution < -0.4 is 10.2 Å². The standard InChI is InChI=1S/C25H23ClF3N5O2/c26-18-5-3-4-17(16-18)10-11-30-23(35)21-8-9-22(32-31-21)33-12-14-34(15-13-33)24(36)19-6-1-2-7-20(19)25(27,28)29/h1-9,16H,10-15H2,(H,30,35). The van der Waals surface area contributed by atoms with Gasteiger partial charge in [-0.2, -0.15) is 13.2 Å². The minimum absolute atomic E-state index is 0.169. The van der Waals surface area contributed by atoms with Crippen LogP contribution in [0.1, 0.15) is 32.0 Å². The van der Waals surface area contributed by atoms with Crippen molar-refractivity contribution >= 4 is 29.2 Å². The van der Waals surface area contributed by atoms with Crippen LogP contribution in [0.4, 0.5) is 19.0 Å². The Hall–Kier alpha value is -3.66. The van der Waals surface area contributed by atoms with Crippen LogP contribution in [0.15, 0.2) is 60.7 Å². The van der Waals surface area contributed by atoms with Gasteiger partial charge in [0.15, 0.2) is 11.5 Å². The van der Waals surface area contributed by atoms with Crippen molar-refractivity contribution in [2.24, 2.45) is 0 Å². The molecule has 1 aromatic heterocycles. The molecule has 4 rings (SSSR count). The number of anilines is 1. The molecule has 1 saturated heterocycles. The summed E-state index contributed by atoms with van der Waals surface area (Å²) in [5.41, 5.74) is -0.125. The SMILES string of the molecule is O=C(NCCc1cccc(Cl)c1)c1ccc(N2CCN(C(=O)c3ccccc3C(F)(F)F)CC2)nn1. The number of hydrogen-bond donors (Lipinski definition) is 1. The number of nitrogens with one attached hydrogen (secondary N) is 1. The van der Waals surface area contributed by atoms with Crippen LogP contribution in [0.25, 0.3) is 0 Å². The summed E-state index contributed by atoms with van der Waals surface area (Å²) in [4.78, 5) is 28.4. The van der Waals surface area contributed by atoms with Crippen LogP contribution in [-0.2, 0) is 12.6 Å². The summed E-state index contributed by atoms with van der Waals surface area (Å²) in [5.74, 6) is -0.485. The number of hydrogen-bond acceptors (Lipinski definition) is 5. The highest BCUT2D eigenvalue weighted by Crippen LogP contribution is 2.32. The van der Waals surface area contributed by atoms with Gasteiger partial charge in [-0.3, -0.25) is 9.59 Å². The molecule has 0 atom stereocenters. The second-order valence-electron chi connectivity index (χ2n) is 8.24. The highest BCUT2D eigenvalue weighted by molar-refractivity contribution is 6.30. The summed E-state index contributed by atoms with van der Waals surface area (Å²) in [7, 11) is 0. The van der Waals surface area contributed by atoms with Gasteiger partial charge in [-0.15, -0.1) is 10.2 Å². The molecule has 7 nitrogen and oxygen atoms in total. The smallest absolute Gasteiger partial charge is 0.352 e. The molecule has 36 heavy (non-hydrogen) atoms. The molecule has 0 saturated carbocycles. The number of carbonyl (C=O) groups excluding carboxylic acids is 2. The van der Waals surface area contributed by atoms with Crippen molar-refractivity contribution < 1.29 is 22.8 Å². The van der Waals surface area contributed by atoms with Gasteiger partial charge < -0.3 is 15.1 Å². The van der Waals surface area contributed by atoms with Crippen LogP contribution in [0.2, 0.25) is 5.02 Å². The number of amides is 2. The second kappa shape index (κ2) is 10.9. The zero-order valence-electron chi connectivity index (χ0n) is 19.1. The van der Waals surface area contributed by atoms with Crippen molar-refractivity contribution in [3.63, 3.8) is 0 Å². The summed E-state index contributed by atoms with van der Waals surface area (Å²) < 4.78 is 39.8. The van der Waals surface area contributed by atoms with E-state index >= 15 is 0 Å². The van der Waals surface area contributed by atoms with E-state index in [0.29, 0.717) is 36.9 Å². The molecule has 1 N–H and O–H groups in total. The van der Waals surface area contributed by atoms with E-state index in [9.17, 15) is 22.8 Å². The summed E-state index contributed by atoms with van der Waals surface area (Å²) in [6, 6.07) is 15.4. The molecule has 2 aromatic carbocycles. The molecular weight excluding hydrogens is 495 g/mol. The van der Waals surface area contributed by atoms with E-state index in [2.05, 4.69) is 15.5 Å². The fraction of sp³-hybridized carbons (Fsp3) is 0.280. The van der Waals surface area contributed by atoms with E-state index in [0.717, 1.165) is 11.6 Å². The third-order valence-electron chi connectivity index (χ3n) is 5.83. The highest BCUT2D eigenvalue weighted by Gasteiger charge is 2.36. The Morgan fingerprint density at radius 2 is 1.69 bits per heavy atom. The normalized spacial score (nSPS) is 14.0. The Kier molecular flexibility index (Phi) is 7.73. The number of halogens is 4. The van der Waals surface area contributed by atoms with E-state index in [1.807, 2.05) is 23.1 Å². The van der Waals surface area contributed by atoms with Crippen molar-refractivity contribution in [1.29, 1.82) is 0 Å². The first-order chi connectivity index (χ1) is 17.2. The second-order valence-corrected chi connectivity index (χ2v) is 8.67. The summed E-state index contributed by atoms with van der Waals surface area (Å²) >= 11 is 5.97. The van der Waals surface area contributed by atoms with Crippen molar-refractivity contribution in [2.45, 2.75) is 12.6 Å². The lowest BCUT2D eigenvalue weighted by Crippen LogP contribution is -2.49. The average molecular weight is 518 g/mol. The number of benzene rings is 2. The molecule has 1 aliphatic rings. The van der Waals surface area contributed by atoms with Gasteiger partial charge in [0.2, 0.25) is 0 Å². The number of aromatic nitrogens is 2. The van der Waals surface area contributed by atoms with E-state index in [-0.39, 0.29) is 30.3 Å². The van der Waals surface area contributed by atoms with Gasteiger partial charge >= 0.3 is 6.18 Å². The molecule has 188 valence electrons. The van der Waals surface area contributed by atoms with Crippen LogP contribution in [-0.4, -0.2) is 59.6 Å². The van der Waals surface area contributed by atoms with Crippen LogP contribution in [0.3, 0.4) is 0 Å². The summed E-state index contributed by atoms with van der Waals surface area (Å²) in [6.45, 7) is 1.63. The number of alkyl halides is 3. The number of nitrogens with zero attached hydrogens (tertiary/aromatic N) is 4. The third kappa shape index (κ3) is 6.12. The molecule has 0 unspecified atom stereocenters. The van der Waals surface area contributed by atoms with Crippen molar-refractivity contribution in [3.8, 4) is 0 Å². The van der Waals surface area contributed by atoms with Gasteiger partial charge in [-0.05, 0) is 48.4 Å². The Labute approximate surface area is 210 Å². The number of carbonyl (C=O) groups is 2. The fourth-order valence-electron chi connectivity index (χ4n) is 3.94. The molecule has 1 fully saturated rings. The van der Waals surface area contributed by atoms with Gasteiger partial charge in [0.05, 0.1) is 11.1 Å². The third-order valence-corrected chi connectivity index (χ3v) is 6.06. The molecule has 3 aromatic rings. The first kappa shape index (κ1) is 25.4. The minimum atomic E-state index is -4.60. The number of rotatable bonds is 6. The van der Waals surface area contributed by atoms with Crippen LogP contribution >= 0.6 is 11.6 Å². The lowest BCUT2D eigenvalue weighted by Gasteiger charge is -2.35. The molecule has 0 bridgehead atoms. The van der Waals surface area contributed by atoms with E-state index in [1.54, 1.807) is 18.2 Å². The van der Waals surface area contributed by atoms with Gasteiger partial charge in [0, 0.05) is 37.7 Å². The largest absolute Gasteiger partial charge is 0.417 e. The Balaban J connectivity index is 1.30. The molecule has 0 aliphatic carbocycles. The zero-order chi connectivity index (χ0) is 25.7. The Bertz CT molecular complexity index is 1230. The van der Waals surface area contributed by atoms with E-state index in [1.165, 1.54) is 23.1 Å². The topological polar surface area (TPSA) is 78.4 Å². The maximum absolute atomic E-state index is 13.3. The average Bonchev–Trinajstić information content (AvgIpc) is 2.88. The van der Waals surface area contributed by atoms with Crippen molar-refractivity contribution in [3.05, 3.63) is 88.1 Å². The Morgan fingerprint density at radius 3 is 2.36 bits per heavy atom. The molecule has 0 spiro atoms. The molecule has 1 aliphatic heterocycles. The minimum Gasteiger partial charge on any atom is -0.352 e. The van der Waals surface area contributed by atoms with E-state index < -0.39 is 17.6 Å². The first-order valence-electron chi connectivity index (χ1n) is 11.3. The van der Waals surface area contributed by atoms with Gasteiger partial charge in [-0.25, -0.2) is 0 Å². The predicted molar refractivity (Wildman–Crippen MR) is 129 cm³/mol. The van der Waals surface area contributed by atoms with E-state index in [4.69, 9.17) is 11.6 Å². The fourth-order valence-corrected chi connectivity index (χ4v) is 4.16. The first-order valence-corrected chi connectivity index (χ1v) is 11.7. The number of piperazine rings is 1. The van der Waals surface area contributed by atoms with Crippen molar-refractivity contribution in [1.82, 2.24) is 20.4 Å². The van der Waals surface area contributed by atoms with Crippen LogP contribution in [0.5, 0.6) is 0 Å². The quantitative estimate of drug-likeness (QED) is 0.533. The monoisotopic (exact) mass is 517 g/mol. The maximum atomic E-state index is 13.3. The molecular formula is C25H23ClF3N5O2. The molecule has 2 heterocycles. The van der Waals surface area contributed by atoms with Crippen molar-refractivity contribution in [2.75, 3.05) is 37.6 Å². The zero-order valence-corrected chi connectivity index (χ0v) is 19.9. The Morgan fingerprint density at radius 1 is 0.944 bits per heavy atom. The maximum Gasteiger partial charge on any atom is 0.417 e. The van der Waals surface area contributed by atoms with Crippen LogP contribution in [0, 0.1) is 0 Å².